The maximum absolute atomic E-state index is 10.9. The third-order valence-electron chi connectivity index (χ3n) is 1.15. The van der Waals surface area contributed by atoms with Crippen LogP contribution in [-0.2, 0) is 0 Å². The predicted octanol–water partition coefficient (Wildman–Crippen LogP) is 3.67. The quantitative estimate of drug-likeness (QED) is 0.437. The summed E-state index contributed by atoms with van der Waals surface area (Å²) >= 11 is 16.6. The van der Waals surface area contributed by atoms with Crippen molar-refractivity contribution in [1.29, 1.82) is 0 Å². The highest BCUT2D eigenvalue weighted by molar-refractivity contribution is 6.39. The Labute approximate surface area is 97.4 Å². The summed E-state index contributed by atoms with van der Waals surface area (Å²) < 4.78 is 0. The van der Waals surface area contributed by atoms with Gasteiger partial charge in [0, 0.05) is 0 Å². The van der Waals surface area contributed by atoms with Crippen LogP contribution in [-0.4, -0.2) is 15.8 Å². The Balaban J connectivity index is 0.000000791. The highest BCUT2D eigenvalue weighted by Gasteiger charge is 2.14. The second kappa shape index (κ2) is 6.17. The molecule has 0 N–H and O–H groups in total. The first-order valence-electron chi connectivity index (χ1n) is 3.92. The highest BCUT2D eigenvalue weighted by atomic mass is 35.5. The zero-order valence-corrected chi connectivity index (χ0v) is 10.2. The molecule has 14 heavy (non-hydrogen) atoms. The lowest BCUT2D eigenvalue weighted by molar-refractivity contribution is 0.101. The lowest BCUT2D eigenvalue weighted by Gasteiger charge is -2.00. The molecule has 0 aliphatic rings. The molecule has 0 amide bonds. The SMILES string of the molecule is CC.CC(=O)c1c(Cl)nc(Cl)nc1Cl. The van der Waals surface area contributed by atoms with Crippen LogP contribution in [0.25, 0.3) is 0 Å². The molecule has 3 nitrogen and oxygen atoms in total. The molecular formula is C8H9Cl3N2O. The van der Waals surface area contributed by atoms with E-state index in [4.69, 9.17) is 34.8 Å². The van der Waals surface area contributed by atoms with Crippen molar-refractivity contribution in [2.24, 2.45) is 0 Å². The Kier molecular flexibility index (Phi) is 6.00. The van der Waals surface area contributed by atoms with Crippen molar-refractivity contribution in [3.05, 3.63) is 21.2 Å². The fourth-order valence-corrected chi connectivity index (χ4v) is 1.58. The number of hydrogen-bond acceptors (Lipinski definition) is 3. The minimum atomic E-state index is -0.290. The molecule has 0 spiro atoms. The lowest BCUT2D eigenvalue weighted by atomic mass is 10.2. The third kappa shape index (κ3) is 3.40. The van der Waals surface area contributed by atoms with Crippen LogP contribution >= 0.6 is 34.8 Å². The molecular weight excluding hydrogens is 246 g/mol. The summed E-state index contributed by atoms with van der Waals surface area (Å²) in [6.07, 6.45) is 0. The van der Waals surface area contributed by atoms with Crippen molar-refractivity contribution in [3.63, 3.8) is 0 Å². The third-order valence-corrected chi connectivity index (χ3v) is 1.86. The number of ketones is 1. The number of hydrogen-bond donors (Lipinski definition) is 0. The molecule has 0 saturated carbocycles. The minimum absolute atomic E-state index is 0.0208. The van der Waals surface area contributed by atoms with Crippen molar-refractivity contribution in [2.75, 3.05) is 0 Å². The molecule has 0 unspecified atom stereocenters. The maximum Gasteiger partial charge on any atom is 0.225 e. The van der Waals surface area contributed by atoms with Crippen LogP contribution in [0.3, 0.4) is 0 Å². The Morgan fingerprint density at radius 1 is 1.07 bits per heavy atom. The van der Waals surface area contributed by atoms with E-state index in [1.807, 2.05) is 13.8 Å². The monoisotopic (exact) mass is 254 g/mol. The van der Waals surface area contributed by atoms with Gasteiger partial charge in [-0.3, -0.25) is 4.79 Å². The van der Waals surface area contributed by atoms with Gasteiger partial charge in [0.2, 0.25) is 5.28 Å². The van der Waals surface area contributed by atoms with Gasteiger partial charge < -0.3 is 0 Å². The van der Waals surface area contributed by atoms with E-state index in [2.05, 4.69) is 9.97 Å². The lowest BCUT2D eigenvalue weighted by Crippen LogP contribution is -1.99. The number of carbonyl (C=O) groups is 1. The summed E-state index contributed by atoms with van der Waals surface area (Å²) in [5.74, 6) is -0.290. The predicted molar refractivity (Wildman–Crippen MR) is 58.4 cm³/mol. The minimum Gasteiger partial charge on any atom is -0.294 e. The average Bonchev–Trinajstić information content (AvgIpc) is 2.04. The summed E-state index contributed by atoms with van der Waals surface area (Å²) in [7, 11) is 0. The van der Waals surface area contributed by atoms with Crippen molar-refractivity contribution in [3.8, 4) is 0 Å². The zero-order valence-electron chi connectivity index (χ0n) is 7.94. The number of nitrogens with zero attached hydrogens (tertiary/aromatic N) is 2. The van der Waals surface area contributed by atoms with E-state index in [9.17, 15) is 4.79 Å². The largest absolute Gasteiger partial charge is 0.294 e. The van der Waals surface area contributed by atoms with E-state index in [1.165, 1.54) is 6.92 Å². The van der Waals surface area contributed by atoms with Gasteiger partial charge in [-0.25, -0.2) is 9.97 Å². The molecule has 0 saturated heterocycles. The number of rotatable bonds is 1. The van der Waals surface area contributed by atoms with E-state index in [-0.39, 0.29) is 26.9 Å². The number of aromatic nitrogens is 2. The molecule has 0 fully saturated rings. The van der Waals surface area contributed by atoms with E-state index in [1.54, 1.807) is 0 Å². The summed E-state index contributed by atoms with van der Waals surface area (Å²) in [5.41, 5.74) is 0.0998. The smallest absolute Gasteiger partial charge is 0.225 e. The standard InChI is InChI=1S/C6H3Cl3N2O.C2H6/c1-2(12)3-4(7)10-6(9)11-5(3)8;1-2/h1H3;1-2H3. The van der Waals surface area contributed by atoms with Gasteiger partial charge in [-0.2, -0.15) is 0 Å². The highest BCUT2D eigenvalue weighted by Crippen LogP contribution is 2.22. The van der Waals surface area contributed by atoms with Gasteiger partial charge in [0.15, 0.2) is 5.78 Å². The molecule has 1 heterocycles. The molecule has 1 aromatic heterocycles. The van der Waals surface area contributed by atoms with Crippen molar-refractivity contribution < 1.29 is 4.79 Å². The van der Waals surface area contributed by atoms with Crippen molar-refractivity contribution in [1.82, 2.24) is 9.97 Å². The Hall–Kier alpha value is -0.380. The number of Topliss-reactive ketones (excluding diaryl/α,β-unsaturated/α-hetero) is 1. The first kappa shape index (κ1) is 13.6. The summed E-state index contributed by atoms with van der Waals surface area (Å²) in [6.45, 7) is 5.32. The van der Waals surface area contributed by atoms with Gasteiger partial charge in [-0.05, 0) is 18.5 Å². The molecule has 1 rings (SSSR count). The average molecular weight is 256 g/mol. The number of carbonyl (C=O) groups excluding carboxylic acids is 1. The zero-order chi connectivity index (χ0) is 11.3. The fourth-order valence-electron chi connectivity index (χ4n) is 0.674. The number of halogens is 3. The summed E-state index contributed by atoms with van der Waals surface area (Å²) in [4.78, 5) is 18.0. The van der Waals surface area contributed by atoms with Crippen LogP contribution in [0.2, 0.25) is 15.6 Å². The van der Waals surface area contributed by atoms with E-state index in [0.717, 1.165) is 0 Å². The topological polar surface area (TPSA) is 42.9 Å². The van der Waals surface area contributed by atoms with Crippen molar-refractivity contribution in [2.45, 2.75) is 20.8 Å². The molecule has 78 valence electrons. The van der Waals surface area contributed by atoms with Gasteiger partial charge in [0.05, 0.1) is 5.56 Å². The van der Waals surface area contributed by atoms with Crippen molar-refractivity contribution >= 4 is 40.6 Å². The van der Waals surface area contributed by atoms with E-state index >= 15 is 0 Å². The molecule has 6 heteroatoms. The second-order valence-electron chi connectivity index (χ2n) is 2.01. The second-order valence-corrected chi connectivity index (χ2v) is 3.06. The molecule has 1 aromatic rings. The van der Waals surface area contributed by atoms with Gasteiger partial charge in [0.25, 0.3) is 0 Å². The van der Waals surface area contributed by atoms with Crippen LogP contribution in [0.15, 0.2) is 0 Å². The van der Waals surface area contributed by atoms with Gasteiger partial charge in [-0.1, -0.05) is 37.0 Å². The van der Waals surface area contributed by atoms with E-state index in [0.29, 0.717) is 0 Å². The van der Waals surface area contributed by atoms with Gasteiger partial charge in [0.1, 0.15) is 10.3 Å². The van der Waals surface area contributed by atoms with Crippen LogP contribution in [0.5, 0.6) is 0 Å². The first-order chi connectivity index (χ1) is 6.52. The molecule has 0 aliphatic carbocycles. The fraction of sp³-hybridized carbons (Fsp3) is 0.375. The van der Waals surface area contributed by atoms with E-state index < -0.39 is 0 Å². The molecule has 0 bridgehead atoms. The van der Waals surface area contributed by atoms with Crippen LogP contribution in [0, 0.1) is 0 Å². The molecule has 0 atom stereocenters. The Morgan fingerprint density at radius 2 is 1.43 bits per heavy atom. The summed E-state index contributed by atoms with van der Waals surface area (Å²) in [6, 6.07) is 0. The molecule has 0 aliphatic heterocycles. The first-order valence-corrected chi connectivity index (χ1v) is 5.05. The normalized spacial score (nSPS) is 9.00. The van der Waals surface area contributed by atoms with Gasteiger partial charge in [-0.15, -0.1) is 0 Å². The molecule has 0 aromatic carbocycles. The van der Waals surface area contributed by atoms with Crippen LogP contribution in [0.4, 0.5) is 0 Å². The Bertz CT molecular complexity index is 318. The molecule has 0 radical (unpaired) electrons. The van der Waals surface area contributed by atoms with Crippen LogP contribution in [0.1, 0.15) is 31.1 Å². The Morgan fingerprint density at radius 3 is 1.71 bits per heavy atom. The van der Waals surface area contributed by atoms with Gasteiger partial charge >= 0.3 is 0 Å². The summed E-state index contributed by atoms with van der Waals surface area (Å²) in [5, 5.41) is -0.116. The van der Waals surface area contributed by atoms with Crippen LogP contribution < -0.4 is 0 Å². The maximum atomic E-state index is 10.9.